The molecule has 1 aromatic rings. The summed E-state index contributed by atoms with van der Waals surface area (Å²) in [6, 6.07) is 4.72. The molecule has 0 aliphatic heterocycles. The number of carbonyl (C=O) groups excluding carboxylic acids is 2. The minimum atomic E-state index is -0.581. The summed E-state index contributed by atoms with van der Waals surface area (Å²) in [5.74, 6) is -0.0500. The monoisotopic (exact) mass is 295 g/mol. The highest BCUT2D eigenvalue weighted by atomic mass is 16.5. The molecule has 116 valence electrons. The maximum absolute atomic E-state index is 11.9. The number of ether oxygens (including phenoxy) is 2. The standard InChI is InChI=1S/C14H21N3O4/c1-3-16-6-7-17-14(19)10-4-5-11(12(8-10)20-2)21-9-13(15)18/h4-5,8,16H,3,6-7,9H2,1-2H3,(H2,15,18)(H,17,19). The topological polar surface area (TPSA) is 103 Å². The number of carbonyl (C=O) groups is 2. The third-order valence-electron chi connectivity index (χ3n) is 2.63. The largest absolute Gasteiger partial charge is 0.493 e. The summed E-state index contributed by atoms with van der Waals surface area (Å²) in [5, 5.41) is 5.89. The molecule has 0 bridgehead atoms. The molecule has 0 radical (unpaired) electrons. The van der Waals surface area contributed by atoms with E-state index in [0.29, 0.717) is 30.2 Å². The van der Waals surface area contributed by atoms with Gasteiger partial charge in [0.25, 0.3) is 11.8 Å². The van der Waals surface area contributed by atoms with Gasteiger partial charge >= 0.3 is 0 Å². The average molecular weight is 295 g/mol. The highest BCUT2D eigenvalue weighted by Gasteiger charge is 2.11. The van der Waals surface area contributed by atoms with Gasteiger partial charge in [-0.15, -0.1) is 0 Å². The van der Waals surface area contributed by atoms with Crippen molar-refractivity contribution in [1.29, 1.82) is 0 Å². The van der Waals surface area contributed by atoms with Gasteiger partial charge in [-0.05, 0) is 24.7 Å². The van der Waals surface area contributed by atoms with E-state index in [1.165, 1.54) is 7.11 Å². The summed E-state index contributed by atoms with van der Waals surface area (Å²) >= 11 is 0. The lowest BCUT2D eigenvalue weighted by Crippen LogP contribution is -2.31. The fraction of sp³-hybridized carbons (Fsp3) is 0.429. The van der Waals surface area contributed by atoms with Crippen LogP contribution in [0.4, 0.5) is 0 Å². The van der Waals surface area contributed by atoms with Crippen LogP contribution in [0.3, 0.4) is 0 Å². The number of benzene rings is 1. The predicted octanol–water partition coefficient (Wildman–Crippen LogP) is -0.101. The van der Waals surface area contributed by atoms with Crippen molar-refractivity contribution >= 4 is 11.8 Å². The van der Waals surface area contributed by atoms with E-state index in [-0.39, 0.29) is 12.5 Å². The first-order valence-corrected chi connectivity index (χ1v) is 6.66. The summed E-state index contributed by atoms with van der Waals surface area (Å²) in [7, 11) is 1.46. The molecule has 1 rings (SSSR count). The SMILES string of the molecule is CCNCCNC(=O)c1ccc(OCC(N)=O)c(OC)c1. The zero-order chi connectivity index (χ0) is 15.7. The van der Waals surface area contributed by atoms with Crippen LogP contribution < -0.4 is 25.8 Å². The van der Waals surface area contributed by atoms with Crippen molar-refractivity contribution in [3.8, 4) is 11.5 Å². The van der Waals surface area contributed by atoms with Crippen molar-refractivity contribution in [2.45, 2.75) is 6.92 Å². The normalized spacial score (nSPS) is 10.0. The van der Waals surface area contributed by atoms with Crippen molar-refractivity contribution < 1.29 is 19.1 Å². The second kappa shape index (κ2) is 8.80. The van der Waals surface area contributed by atoms with Gasteiger partial charge < -0.3 is 25.8 Å². The molecule has 0 aliphatic rings. The van der Waals surface area contributed by atoms with E-state index >= 15 is 0 Å². The molecule has 0 spiro atoms. The molecule has 2 amide bonds. The minimum Gasteiger partial charge on any atom is -0.493 e. The molecule has 0 atom stereocenters. The fourth-order valence-corrected chi connectivity index (χ4v) is 1.62. The van der Waals surface area contributed by atoms with Gasteiger partial charge in [0, 0.05) is 18.7 Å². The van der Waals surface area contributed by atoms with Gasteiger partial charge in [0.2, 0.25) is 0 Å². The third-order valence-corrected chi connectivity index (χ3v) is 2.63. The molecule has 21 heavy (non-hydrogen) atoms. The lowest BCUT2D eigenvalue weighted by molar-refractivity contribution is -0.119. The number of hydrogen-bond acceptors (Lipinski definition) is 5. The molecular weight excluding hydrogens is 274 g/mol. The quantitative estimate of drug-likeness (QED) is 0.552. The van der Waals surface area contributed by atoms with E-state index < -0.39 is 5.91 Å². The number of rotatable bonds is 9. The molecule has 0 heterocycles. The molecule has 0 saturated carbocycles. The predicted molar refractivity (Wildman–Crippen MR) is 78.6 cm³/mol. The van der Waals surface area contributed by atoms with Crippen molar-refractivity contribution in [3.05, 3.63) is 23.8 Å². The van der Waals surface area contributed by atoms with Gasteiger partial charge in [-0.25, -0.2) is 0 Å². The van der Waals surface area contributed by atoms with E-state index in [1.807, 2.05) is 6.92 Å². The lowest BCUT2D eigenvalue weighted by atomic mass is 10.2. The van der Waals surface area contributed by atoms with Crippen LogP contribution in [0.2, 0.25) is 0 Å². The van der Waals surface area contributed by atoms with Crippen LogP contribution in [-0.2, 0) is 4.79 Å². The van der Waals surface area contributed by atoms with Crippen LogP contribution in [0.5, 0.6) is 11.5 Å². The first-order chi connectivity index (χ1) is 10.1. The van der Waals surface area contributed by atoms with Crippen molar-refractivity contribution in [3.63, 3.8) is 0 Å². The maximum Gasteiger partial charge on any atom is 0.255 e. The van der Waals surface area contributed by atoms with E-state index in [2.05, 4.69) is 10.6 Å². The molecule has 0 unspecified atom stereocenters. The van der Waals surface area contributed by atoms with Gasteiger partial charge in [-0.2, -0.15) is 0 Å². The molecule has 0 aromatic heterocycles. The maximum atomic E-state index is 11.9. The van der Waals surface area contributed by atoms with E-state index in [4.69, 9.17) is 15.2 Å². The molecule has 0 fully saturated rings. The summed E-state index contributed by atoms with van der Waals surface area (Å²) in [6.45, 7) is 3.85. The number of nitrogens with two attached hydrogens (primary N) is 1. The number of hydrogen-bond donors (Lipinski definition) is 3. The Morgan fingerprint density at radius 2 is 2.00 bits per heavy atom. The zero-order valence-electron chi connectivity index (χ0n) is 12.3. The number of methoxy groups -OCH3 is 1. The van der Waals surface area contributed by atoms with Crippen LogP contribution in [0, 0.1) is 0 Å². The number of primary amides is 1. The van der Waals surface area contributed by atoms with Gasteiger partial charge in [-0.1, -0.05) is 6.92 Å². The Labute approximate surface area is 123 Å². The van der Waals surface area contributed by atoms with Crippen LogP contribution in [0.1, 0.15) is 17.3 Å². The van der Waals surface area contributed by atoms with Crippen molar-refractivity contribution in [1.82, 2.24) is 10.6 Å². The fourth-order valence-electron chi connectivity index (χ4n) is 1.62. The molecule has 7 nitrogen and oxygen atoms in total. The zero-order valence-corrected chi connectivity index (χ0v) is 12.3. The summed E-state index contributed by atoms with van der Waals surface area (Å²) < 4.78 is 10.3. The van der Waals surface area contributed by atoms with E-state index in [1.54, 1.807) is 18.2 Å². The Balaban J connectivity index is 2.67. The molecular formula is C14H21N3O4. The highest BCUT2D eigenvalue weighted by Crippen LogP contribution is 2.27. The van der Waals surface area contributed by atoms with Gasteiger partial charge in [0.05, 0.1) is 7.11 Å². The Kier molecular flexibility index (Phi) is 7.03. The van der Waals surface area contributed by atoms with Gasteiger partial charge in [0.1, 0.15) is 0 Å². The first-order valence-electron chi connectivity index (χ1n) is 6.66. The number of amides is 2. The second-order valence-electron chi connectivity index (χ2n) is 4.23. The number of likely N-dealkylation sites (N-methyl/N-ethyl adjacent to an activating group) is 1. The van der Waals surface area contributed by atoms with Gasteiger partial charge in [0.15, 0.2) is 18.1 Å². The van der Waals surface area contributed by atoms with Crippen LogP contribution in [0.25, 0.3) is 0 Å². The Hall–Kier alpha value is -2.28. The highest BCUT2D eigenvalue weighted by molar-refractivity contribution is 5.94. The van der Waals surface area contributed by atoms with Crippen LogP contribution in [-0.4, -0.2) is 45.2 Å². The summed E-state index contributed by atoms with van der Waals surface area (Å²) in [4.78, 5) is 22.6. The van der Waals surface area contributed by atoms with E-state index in [9.17, 15) is 9.59 Å². The Morgan fingerprint density at radius 3 is 2.62 bits per heavy atom. The Bertz CT molecular complexity index is 491. The van der Waals surface area contributed by atoms with Crippen LogP contribution >= 0.6 is 0 Å². The van der Waals surface area contributed by atoms with Crippen molar-refractivity contribution in [2.24, 2.45) is 5.73 Å². The summed E-state index contributed by atoms with van der Waals surface area (Å²) in [5.41, 5.74) is 5.47. The Morgan fingerprint density at radius 1 is 1.24 bits per heavy atom. The smallest absolute Gasteiger partial charge is 0.255 e. The molecule has 4 N–H and O–H groups in total. The molecule has 7 heteroatoms. The van der Waals surface area contributed by atoms with Gasteiger partial charge in [-0.3, -0.25) is 9.59 Å². The minimum absolute atomic E-state index is 0.201. The summed E-state index contributed by atoms with van der Waals surface area (Å²) in [6.07, 6.45) is 0. The second-order valence-corrected chi connectivity index (χ2v) is 4.23. The van der Waals surface area contributed by atoms with Crippen molar-refractivity contribution in [2.75, 3.05) is 33.4 Å². The van der Waals surface area contributed by atoms with E-state index in [0.717, 1.165) is 6.54 Å². The average Bonchev–Trinajstić information content (AvgIpc) is 2.49. The van der Waals surface area contributed by atoms with Crippen LogP contribution in [0.15, 0.2) is 18.2 Å². The number of nitrogens with one attached hydrogen (secondary N) is 2. The molecule has 0 aliphatic carbocycles. The molecule has 1 aromatic carbocycles. The third kappa shape index (κ3) is 5.70. The lowest BCUT2D eigenvalue weighted by Gasteiger charge is -2.11. The molecule has 0 saturated heterocycles. The first kappa shape index (κ1) is 16.8.